The molecule has 0 saturated heterocycles. The lowest BCUT2D eigenvalue weighted by atomic mass is 10.1. The third-order valence-corrected chi connectivity index (χ3v) is 6.01. The maximum atomic E-state index is 13.5. The Balaban J connectivity index is 2.14. The molecular weight excluding hydrogens is 456 g/mol. The highest BCUT2D eigenvalue weighted by atomic mass is 16.5. The van der Waals surface area contributed by atoms with Crippen LogP contribution in [-0.2, 0) is 11.3 Å². The van der Waals surface area contributed by atoms with Gasteiger partial charge in [-0.25, -0.2) is 9.78 Å². The molecule has 0 saturated carbocycles. The third kappa shape index (κ3) is 4.71. The zero-order chi connectivity index (χ0) is 26.0. The van der Waals surface area contributed by atoms with E-state index >= 15 is 0 Å². The second-order valence-corrected chi connectivity index (χ2v) is 8.94. The second kappa shape index (κ2) is 10.3. The predicted octanol–water partition coefficient (Wildman–Crippen LogP) is 4.29. The van der Waals surface area contributed by atoms with Gasteiger partial charge in [0.15, 0.2) is 5.49 Å². The van der Waals surface area contributed by atoms with Gasteiger partial charge in [-0.05, 0) is 63.9 Å². The minimum absolute atomic E-state index is 0.0599. The van der Waals surface area contributed by atoms with E-state index in [1.165, 1.54) is 10.5 Å². The van der Waals surface area contributed by atoms with Crippen molar-refractivity contribution < 1.29 is 14.3 Å². The van der Waals surface area contributed by atoms with E-state index in [1.807, 2.05) is 39.8 Å². The van der Waals surface area contributed by atoms with Gasteiger partial charge in [0.2, 0.25) is 0 Å². The molecule has 4 rings (SSSR count). The molecule has 186 valence electrons. The standard InChI is InChI=1S/C28H30N4O4/c1-6-8-11-31-24-21(27(34)32-12-9-10-19(5)23(32)29-24)16-22(28(35)36-7-2)25(31)30-26(33)20-14-17(3)13-18(4)15-20/h9-10,12-16H,6-8,11H2,1-5H3. The molecule has 1 amide bonds. The zero-order valence-corrected chi connectivity index (χ0v) is 21.3. The molecule has 0 aliphatic rings. The first-order valence-corrected chi connectivity index (χ1v) is 12.1. The Bertz CT molecular complexity index is 1610. The number of carbonyl (C=O) groups is 2. The van der Waals surface area contributed by atoms with Crippen molar-refractivity contribution in [3.8, 4) is 0 Å². The van der Waals surface area contributed by atoms with Crippen molar-refractivity contribution in [3.63, 3.8) is 0 Å². The van der Waals surface area contributed by atoms with E-state index < -0.39 is 11.9 Å². The third-order valence-electron chi connectivity index (χ3n) is 6.01. The van der Waals surface area contributed by atoms with Gasteiger partial charge in [0, 0.05) is 18.3 Å². The van der Waals surface area contributed by atoms with E-state index in [2.05, 4.69) is 4.99 Å². The van der Waals surface area contributed by atoms with Gasteiger partial charge in [-0.3, -0.25) is 14.0 Å². The second-order valence-electron chi connectivity index (χ2n) is 8.94. The van der Waals surface area contributed by atoms with E-state index in [1.54, 1.807) is 35.9 Å². The number of aryl methyl sites for hydroxylation is 4. The molecule has 0 aliphatic carbocycles. The summed E-state index contributed by atoms with van der Waals surface area (Å²) in [4.78, 5) is 49.1. The van der Waals surface area contributed by atoms with Crippen LogP contribution in [0.25, 0.3) is 16.7 Å². The summed E-state index contributed by atoms with van der Waals surface area (Å²) in [6.07, 6.45) is 3.24. The van der Waals surface area contributed by atoms with Gasteiger partial charge in [0.25, 0.3) is 11.5 Å². The van der Waals surface area contributed by atoms with Crippen molar-refractivity contribution >= 4 is 28.6 Å². The highest BCUT2D eigenvalue weighted by molar-refractivity contribution is 5.97. The van der Waals surface area contributed by atoms with E-state index in [0.717, 1.165) is 29.5 Å². The lowest BCUT2D eigenvalue weighted by Gasteiger charge is -2.15. The number of hydrogen-bond acceptors (Lipinski definition) is 5. The van der Waals surface area contributed by atoms with E-state index in [9.17, 15) is 14.4 Å². The molecule has 0 spiro atoms. The Morgan fingerprint density at radius 1 is 1.03 bits per heavy atom. The van der Waals surface area contributed by atoms with Crippen LogP contribution in [0.1, 0.15) is 64.1 Å². The van der Waals surface area contributed by atoms with E-state index in [0.29, 0.717) is 23.4 Å². The molecule has 36 heavy (non-hydrogen) atoms. The fraction of sp³-hybridized carbons (Fsp3) is 0.321. The molecule has 1 aromatic carbocycles. The molecule has 0 radical (unpaired) electrons. The number of carbonyl (C=O) groups excluding carboxylic acids is 2. The lowest BCUT2D eigenvalue weighted by Crippen LogP contribution is -2.33. The molecule has 8 heteroatoms. The molecule has 3 heterocycles. The number of pyridine rings is 2. The van der Waals surface area contributed by atoms with Crippen molar-refractivity contribution in [2.24, 2.45) is 4.99 Å². The number of fused-ring (bicyclic) bond motifs is 2. The molecule has 8 nitrogen and oxygen atoms in total. The summed E-state index contributed by atoms with van der Waals surface area (Å²) >= 11 is 0. The number of aromatic nitrogens is 3. The molecule has 0 atom stereocenters. The summed E-state index contributed by atoms with van der Waals surface area (Å²) in [6, 6.07) is 10.6. The Kier molecular flexibility index (Phi) is 7.15. The number of esters is 1. The van der Waals surface area contributed by atoms with Crippen molar-refractivity contribution in [2.75, 3.05) is 6.61 Å². The van der Waals surface area contributed by atoms with E-state index in [-0.39, 0.29) is 28.6 Å². The smallest absolute Gasteiger partial charge is 0.341 e. The first-order chi connectivity index (χ1) is 17.2. The zero-order valence-electron chi connectivity index (χ0n) is 21.3. The molecule has 0 unspecified atom stereocenters. The number of amides is 1. The summed E-state index contributed by atoms with van der Waals surface area (Å²) in [7, 11) is 0. The largest absolute Gasteiger partial charge is 0.462 e. The summed E-state index contributed by atoms with van der Waals surface area (Å²) in [6.45, 7) is 10.0. The van der Waals surface area contributed by atoms with Crippen molar-refractivity contribution in [1.29, 1.82) is 0 Å². The van der Waals surface area contributed by atoms with Crippen LogP contribution >= 0.6 is 0 Å². The summed E-state index contributed by atoms with van der Waals surface area (Å²) < 4.78 is 8.47. The normalized spacial score (nSPS) is 11.9. The van der Waals surface area contributed by atoms with Crippen LogP contribution in [0.2, 0.25) is 0 Å². The average molecular weight is 487 g/mol. The fourth-order valence-corrected chi connectivity index (χ4v) is 4.35. The van der Waals surface area contributed by atoms with Crippen molar-refractivity contribution in [1.82, 2.24) is 14.0 Å². The molecule has 0 bridgehead atoms. The molecule has 0 aliphatic heterocycles. The van der Waals surface area contributed by atoms with Crippen molar-refractivity contribution in [3.05, 3.63) is 86.3 Å². The summed E-state index contributed by atoms with van der Waals surface area (Å²) in [5.41, 5.74) is 3.92. The minimum Gasteiger partial charge on any atom is -0.462 e. The van der Waals surface area contributed by atoms with Gasteiger partial charge in [-0.15, -0.1) is 0 Å². The van der Waals surface area contributed by atoms with Crippen molar-refractivity contribution in [2.45, 2.75) is 54.0 Å². The average Bonchev–Trinajstić information content (AvgIpc) is 2.83. The monoisotopic (exact) mass is 486 g/mol. The molecule has 0 fully saturated rings. The molecule has 4 aromatic rings. The van der Waals surface area contributed by atoms with Gasteiger partial charge in [-0.2, -0.15) is 4.99 Å². The molecular formula is C28H30N4O4. The van der Waals surface area contributed by atoms with Crippen LogP contribution < -0.4 is 11.0 Å². The predicted molar refractivity (Wildman–Crippen MR) is 138 cm³/mol. The van der Waals surface area contributed by atoms with Crippen LogP contribution in [-0.4, -0.2) is 32.4 Å². The summed E-state index contributed by atoms with van der Waals surface area (Å²) in [5.74, 6) is -1.13. The first kappa shape index (κ1) is 25.0. The van der Waals surface area contributed by atoms with Crippen LogP contribution in [0.15, 0.2) is 52.4 Å². The summed E-state index contributed by atoms with van der Waals surface area (Å²) in [5, 5.41) is 0.259. The lowest BCUT2D eigenvalue weighted by molar-refractivity contribution is 0.0523. The minimum atomic E-state index is -0.648. The number of hydrogen-bond donors (Lipinski definition) is 0. The molecule has 0 N–H and O–H groups in total. The number of ether oxygens (including phenoxy) is 1. The SMILES string of the molecule is CCCCn1c(=NC(=O)c2cc(C)cc(C)c2)c(C(=O)OCC)cc2c(=O)n3cccc(C)c3nc21. The topological polar surface area (TPSA) is 95.0 Å². The Morgan fingerprint density at radius 2 is 1.75 bits per heavy atom. The van der Waals surface area contributed by atoms with Gasteiger partial charge in [0.05, 0.1) is 12.0 Å². The van der Waals surface area contributed by atoms with Gasteiger partial charge in [0.1, 0.15) is 16.9 Å². The van der Waals surface area contributed by atoms with Crippen LogP contribution in [0, 0.1) is 20.8 Å². The van der Waals surface area contributed by atoms with Gasteiger partial charge < -0.3 is 9.30 Å². The maximum absolute atomic E-state index is 13.5. The first-order valence-electron chi connectivity index (χ1n) is 12.1. The Morgan fingerprint density at radius 3 is 2.42 bits per heavy atom. The van der Waals surface area contributed by atoms with Crippen LogP contribution in [0.3, 0.4) is 0 Å². The Labute approximate surface area is 208 Å². The fourth-order valence-electron chi connectivity index (χ4n) is 4.35. The molecule has 3 aromatic heterocycles. The number of rotatable bonds is 6. The van der Waals surface area contributed by atoms with Gasteiger partial charge >= 0.3 is 5.97 Å². The highest BCUT2D eigenvalue weighted by Gasteiger charge is 2.20. The number of nitrogens with zero attached hydrogens (tertiary/aromatic N) is 4. The van der Waals surface area contributed by atoms with Crippen LogP contribution in [0.4, 0.5) is 0 Å². The maximum Gasteiger partial charge on any atom is 0.341 e. The Hall–Kier alpha value is -4.07. The quantitative estimate of drug-likeness (QED) is 0.299. The highest BCUT2D eigenvalue weighted by Crippen LogP contribution is 2.15. The number of benzene rings is 1. The van der Waals surface area contributed by atoms with E-state index in [4.69, 9.17) is 9.72 Å². The van der Waals surface area contributed by atoms with Gasteiger partial charge in [-0.1, -0.05) is 36.6 Å². The van der Waals surface area contributed by atoms with Crippen LogP contribution in [0.5, 0.6) is 0 Å². The number of unbranched alkanes of at least 4 members (excludes halogenated alkanes) is 1.